The van der Waals surface area contributed by atoms with Crippen LogP contribution in [0.1, 0.15) is 5.56 Å². The SMILES string of the molecule is C=CC(=O)N1CCN(c2nc(=O)n(-c3c(C)ccnc3S(C)(=O)=O)c3nc(-c4c(O)cccc4F)c(F)cc23)[C@@H](CN)C1. The van der Waals surface area contributed by atoms with Gasteiger partial charge in [-0.15, -0.1) is 0 Å². The number of rotatable bonds is 6. The van der Waals surface area contributed by atoms with Crippen LogP contribution >= 0.6 is 0 Å². The molecule has 0 saturated carbocycles. The Hall–Kier alpha value is -4.76. The molecule has 43 heavy (non-hydrogen) atoms. The van der Waals surface area contributed by atoms with E-state index in [2.05, 4.69) is 21.5 Å². The summed E-state index contributed by atoms with van der Waals surface area (Å²) < 4.78 is 57.1. The molecule has 1 atom stereocenters. The van der Waals surface area contributed by atoms with E-state index in [9.17, 15) is 27.5 Å². The third-order valence-corrected chi connectivity index (χ3v) is 8.21. The highest BCUT2D eigenvalue weighted by molar-refractivity contribution is 7.90. The van der Waals surface area contributed by atoms with Gasteiger partial charge in [-0.05, 0) is 42.8 Å². The lowest BCUT2D eigenvalue weighted by molar-refractivity contribution is -0.126. The van der Waals surface area contributed by atoms with Gasteiger partial charge >= 0.3 is 5.69 Å². The topological polar surface area (TPSA) is 165 Å². The van der Waals surface area contributed by atoms with Crippen LogP contribution in [0.15, 0.2) is 59.0 Å². The van der Waals surface area contributed by atoms with Gasteiger partial charge in [-0.1, -0.05) is 12.6 Å². The number of aryl methyl sites for hydroxylation is 1. The molecule has 4 heterocycles. The highest BCUT2D eigenvalue weighted by Crippen LogP contribution is 2.36. The third kappa shape index (κ3) is 5.21. The molecule has 5 rings (SSSR count). The van der Waals surface area contributed by atoms with Crippen molar-refractivity contribution in [2.24, 2.45) is 5.73 Å². The fraction of sp³-hybridized carbons (Fsp3) is 0.250. The van der Waals surface area contributed by atoms with Gasteiger partial charge in [-0.2, -0.15) is 4.98 Å². The molecule has 1 aromatic carbocycles. The Balaban J connectivity index is 1.87. The van der Waals surface area contributed by atoms with Gasteiger partial charge in [-0.3, -0.25) is 4.79 Å². The Morgan fingerprint density at radius 3 is 2.60 bits per heavy atom. The number of phenolic OH excluding ortho intramolecular Hbond substituents is 1. The van der Waals surface area contributed by atoms with E-state index in [1.165, 1.54) is 29.3 Å². The van der Waals surface area contributed by atoms with E-state index in [1.807, 2.05) is 0 Å². The van der Waals surface area contributed by atoms with E-state index in [0.29, 0.717) is 5.56 Å². The van der Waals surface area contributed by atoms with Gasteiger partial charge in [0, 0.05) is 38.6 Å². The molecule has 0 radical (unpaired) electrons. The van der Waals surface area contributed by atoms with Crippen molar-refractivity contribution in [3.63, 3.8) is 0 Å². The molecule has 12 nitrogen and oxygen atoms in total. The Morgan fingerprint density at radius 1 is 1.21 bits per heavy atom. The van der Waals surface area contributed by atoms with Gasteiger partial charge in [0.1, 0.15) is 23.1 Å². The first-order valence-electron chi connectivity index (χ1n) is 13.0. The van der Waals surface area contributed by atoms with Crippen molar-refractivity contribution in [2.75, 3.05) is 37.3 Å². The van der Waals surface area contributed by atoms with E-state index in [0.717, 1.165) is 29.0 Å². The number of phenols is 1. The van der Waals surface area contributed by atoms with Crippen molar-refractivity contribution in [3.8, 4) is 22.7 Å². The maximum atomic E-state index is 15.8. The zero-order valence-corrected chi connectivity index (χ0v) is 24.0. The third-order valence-electron chi connectivity index (χ3n) is 7.21. The summed E-state index contributed by atoms with van der Waals surface area (Å²) in [5, 5.41) is 9.93. The molecule has 1 amide bonds. The van der Waals surface area contributed by atoms with Gasteiger partial charge < -0.3 is 20.6 Å². The van der Waals surface area contributed by atoms with Gasteiger partial charge in [-0.25, -0.2) is 36.5 Å². The first-order valence-corrected chi connectivity index (χ1v) is 14.9. The first-order chi connectivity index (χ1) is 20.4. The van der Waals surface area contributed by atoms with E-state index < -0.39 is 55.2 Å². The Bertz CT molecular complexity index is 1950. The number of fused-ring (bicyclic) bond motifs is 1. The van der Waals surface area contributed by atoms with Gasteiger partial charge in [0.05, 0.1) is 22.7 Å². The summed E-state index contributed by atoms with van der Waals surface area (Å²) in [5.74, 6) is -2.95. The number of benzene rings is 1. The second-order valence-corrected chi connectivity index (χ2v) is 11.9. The number of hydrogen-bond acceptors (Lipinski definition) is 10. The lowest BCUT2D eigenvalue weighted by Gasteiger charge is -2.41. The molecule has 1 fully saturated rings. The van der Waals surface area contributed by atoms with E-state index in [-0.39, 0.29) is 54.6 Å². The lowest BCUT2D eigenvalue weighted by atomic mass is 10.1. The highest BCUT2D eigenvalue weighted by Gasteiger charge is 2.33. The monoisotopic (exact) mass is 611 g/mol. The molecule has 0 bridgehead atoms. The van der Waals surface area contributed by atoms with Crippen molar-refractivity contribution in [1.82, 2.24) is 24.4 Å². The minimum Gasteiger partial charge on any atom is -0.507 e. The predicted molar refractivity (Wildman–Crippen MR) is 155 cm³/mol. The molecule has 1 aliphatic rings. The highest BCUT2D eigenvalue weighted by atomic mass is 32.2. The number of pyridine rings is 2. The quantitative estimate of drug-likeness (QED) is 0.307. The smallest absolute Gasteiger partial charge is 0.355 e. The maximum Gasteiger partial charge on any atom is 0.355 e. The lowest BCUT2D eigenvalue weighted by Crippen LogP contribution is -2.57. The number of nitrogens with two attached hydrogens (primary N) is 1. The van der Waals surface area contributed by atoms with Crippen LogP contribution in [0.5, 0.6) is 5.75 Å². The Labute approximate surface area is 244 Å². The van der Waals surface area contributed by atoms with Crippen molar-refractivity contribution >= 4 is 32.6 Å². The average molecular weight is 612 g/mol. The molecular formula is C28H27F2N7O5S. The van der Waals surface area contributed by atoms with Crippen LogP contribution in [-0.4, -0.2) is 82.3 Å². The minimum absolute atomic E-state index is 0.0180. The number of hydrogen-bond donors (Lipinski definition) is 2. The summed E-state index contributed by atoms with van der Waals surface area (Å²) in [5.41, 5.74) is 3.76. The molecule has 1 aliphatic heterocycles. The molecule has 224 valence electrons. The van der Waals surface area contributed by atoms with Crippen LogP contribution in [0.3, 0.4) is 0 Å². The number of carbonyl (C=O) groups excluding carboxylic acids is 1. The fourth-order valence-electron chi connectivity index (χ4n) is 5.18. The van der Waals surface area contributed by atoms with Crippen molar-refractivity contribution in [2.45, 2.75) is 18.0 Å². The molecule has 0 spiro atoms. The van der Waals surface area contributed by atoms with Gasteiger partial charge in [0.25, 0.3) is 0 Å². The first kappa shape index (κ1) is 29.7. The number of aromatic nitrogens is 4. The van der Waals surface area contributed by atoms with Crippen LogP contribution < -0.4 is 16.3 Å². The Kier molecular flexibility index (Phi) is 7.70. The summed E-state index contributed by atoms with van der Waals surface area (Å²) >= 11 is 0. The normalized spacial score (nSPS) is 15.6. The van der Waals surface area contributed by atoms with E-state index >= 15 is 4.39 Å². The van der Waals surface area contributed by atoms with E-state index in [4.69, 9.17) is 5.73 Å². The summed E-state index contributed by atoms with van der Waals surface area (Å²) in [6.07, 6.45) is 3.35. The second-order valence-electron chi connectivity index (χ2n) is 10.0. The van der Waals surface area contributed by atoms with Crippen LogP contribution in [0.2, 0.25) is 0 Å². The number of aromatic hydroxyl groups is 1. The molecule has 15 heteroatoms. The molecule has 1 saturated heterocycles. The van der Waals surface area contributed by atoms with Crippen molar-refractivity contribution in [1.29, 1.82) is 0 Å². The largest absolute Gasteiger partial charge is 0.507 e. The number of piperazine rings is 1. The number of anilines is 1. The maximum absolute atomic E-state index is 15.8. The van der Waals surface area contributed by atoms with Crippen molar-refractivity contribution in [3.05, 3.63) is 76.9 Å². The molecule has 3 aromatic heterocycles. The Morgan fingerprint density at radius 2 is 1.95 bits per heavy atom. The fourth-order valence-corrected chi connectivity index (χ4v) is 6.04. The number of amides is 1. The summed E-state index contributed by atoms with van der Waals surface area (Å²) in [6.45, 7) is 5.61. The minimum atomic E-state index is -4.01. The molecule has 3 N–H and O–H groups in total. The summed E-state index contributed by atoms with van der Waals surface area (Å²) in [6, 6.07) is 5.30. The number of sulfone groups is 1. The average Bonchev–Trinajstić information content (AvgIpc) is 2.96. The van der Waals surface area contributed by atoms with Crippen LogP contribution in [0.25, 0.3) is 28.0 Å². The van der Waals surface area contributed by atoms with Gasteiger partial charge in [0.2, 0.25) is 5.91 Å². The van der Waals surface area contributed by atoms with E-state index in [1.54, 1.807) is 11.8 Å². The molecule has 0 unspecified atom stereocenters. The van der Waals surface area contributed by atoms with Gasteiger partial charge in [0.15, 0.2) is 26.3 Å². The number of carbonyl (C=O) groups is 1. The standard InChI is InChI=1S/C28H27F2N7O5S/c1-4-21(39)35-10-11-36(16(13-31)14-35)25-17-12-19(30)23(22-18(29)6-5-7-20(22)38)33-26(17)37(28(40)34-25)24-15(2)8-9-32-27(24)43(3,41)42/h4-9,12,16,38H,1,10-11,13-14,31H2,2-3H3/t16-/m0/s1. The number of nitrogens with zero attached hydrogens (tertiary/aromatic N) is 6. The predicted octanol–water partition coefficient (Wildman–Crippen LogP) is 1.70. The van der Waals surface area contributed by atoms with Crippen LogP contribution in [-0.2, 0) is 14.6 Å². The molecular weight excluding hydrogens is 584 g/mol. The zero-order chi connectivity index (χ0) is 31.2. The van der Waals surface area contributed by atoms with Crippen LogP contribution in [0.4, 0.5) is 14.6 Å². The van der Waals surface area contributed by atoms with Crippen molar-refractivity contribution < 1.29 is 27.1 Å². The summed E-state index contributed by atoms with van der Waals surface area (Å²) in [7, 11) is -4.01. The summed E-state index contributed by atoms with van der Waals surface area (Å²) in [4.78, 5) is 41.8. The van der Waals surface area contributed by atoms with Crippen LogP contribution in [0, 0.1) is 18.6 Å². The molecule has 4 aromatic rings. The zero-order valence-electron chi connectivity index (χ0n) is 23.2. The number of halogens is 2. The molecule has 0 aliphatic carbocycles. The second kappa shape index (κ2) is 11.1.